The average Bonchev–Trinajstić information content (AvgIpc) is 2.00. The van der Waals surface area contributed by atoms with E-state index in [4.69, 9.17) is 11.6 Å². The van der Waals surface area contributed by atoms with Gasteiger partial charge in [0, 0.05) is 12.7 Å². The van der Waals surface area contributed by atoms with Crippen molar-refractivity contribution in [3.63, 3.8) is 0 Å². The molecule has 0 N–H and O–H groups in total. The summed E-state index contributed by atoms with van der Waals surface area (Å²) in [4.78, 5) is 6.60. The van der Waals surface area contributed by atoms with Gasteiger partial charge in [-0.3, -0.25) is 9.88 Å². The number of likely N-dealkylation sites (tertiary alicyclic amines) is 1. The Hall–Kier alpha value is -0.600. The molecule has 3 heteroatoms. The van der Waals surface area contributed by atoms with Gasteiger partial charge in [0.15, 0.2) is 0 Å². The minimum Gasteiger partial charge on any atom is -0.297 e. The zero-order chi connectivity index (χ0) is 8.39. The normalized spacial score (nSPS) is 17.4. The van der Waals surface area contributed by atoms with Gasteiger partial charge in [0.05, 0.1) is 10.7 Å². The lowest BCUT2D eigenvalue weighted by atomic mass is 10.2. The Morgan fingerprint density at radius 3 is 2.75 bits per heavy atom. The predicted molar refractivity (Wildman–Crippen MR) is 49.1 cm³/mol. The number of rotatable bonds is 2. The fourth-order valence-corrected chi connectivity index (χ4v) is 1.38. The van der Waals surface area contributed by atoms with Crippen LogP contribution in [0.3, 0.4) is 0 Å². The largest absolute Gasteiger partial charge is 0.297 e. The minimum absolute atomic E-state index is 0.711. The highest BCUT2D eigenvalue weighted by atomic mass is 35.5. The van der Waals surface area contributed by atoms with Crippen molar-refractivity contribution in [2.45, 2.75) is 13.0 Å². The summed E-state index contributed by atoms with van der Waals surface area (Å²) in [6.07, 6.45) is 3.03. The molecule has 2 rings (SSSR count). The first-order valence-electron chi connectivity index (χ1n) is 4.17. The third kappa shape index (κ3) is 1.76. The maximum absolute atomic E-state index is 5.72. The molecule has 64 valence electrons. The summed E-state index contributed by atoms with van der Waals surface area (Å²) in [7, 11) is 0. The van der Waals surface area contributed by atoms with E-state index in [1.807, 2.05) is 12.1 Å². The van der Waals surface area contributed by atoms with Crippen molar-refractivity contribution >= 4 is 11.6 Å². The molecule has 0 aliphatic carbocycles. The van der Waals surface area contributed by atoms with Crippen LogP contribution in [0.15, 0.2) is 18.3 Å². The molecule has 2 nitrogen and oxygen atoms in total. The van der Waals surface area contributed by atoms with Crippen LogP contribution in [-0.2, 0) is 6.54 Å². The highest BCUT2D eigenvalue weighted by molar-refractivity contribution is 6.30. The second-order valence-corrected chi connectivity index (χ2v) is 3.53. The Morgan fingerprint density at radius 1 is 1.42 bits per heavy atom. The van der Waals surface area contributed by atoms with Gasteiger partial charge < -0.3 is 0 Å². The van der Waals surface area contributed by atoms with Crippen LogP contribution in [0.5, 0.6) is 0 Å². The summed E-state index contributed by atoms with van der Waals surface area (Å²) in [6, 6.07) is 3.88. The van der Waals surface area contributed by atoms with Gasteiger partial charge in [-0.05, 0) is 31.6 Å². The molecule has 1 aromatic rings. The van der Waals surface area contributed by atoms with E-state index < -0.39 is 0 Å². The van der Waals surface area contributed by atoms with Crippen LogP contribution >= 0.6 is 11.6 Å². The van der Waals surface area contributed by atoms with Gasteiger partial charge in [0.1, 0.15) is 0 Å². The van der Waals surface area contributed by atoms with Crippen LogP contribution in [0, 0.1) is 0 Å². The molecule has 0 radical (unpaired) electrons. The molecule has 1 aliphatic rings. The van der Waals surface area contributed by atoms with Crippen molar-refractivity contribution in [1.82, 2.24) is 9.88 Å². The van der Waals surface area contributed by atoms with Gasteiger partial charge in [0.2, 0.25) is 0 Å². The molecule has 1 fully saturated rings. The molecular formula is C9H11ClN2. The van der Waals surface area contributed by atoms with Gasteiger partial charge in [-0.1, -0.05) is 11.6 Å². The Balaban J connectivity index is 1.98. The zero-order valence-electron chi connectivity index (χ0n) is 6.83. The zero-order valence-corrected chi connectivity index (χ0v) is 7.59. The molecular weight excluding hydrogens is 172 g/mol. The molecule has 0 atom stereocenters. The molecule has 2 heterocycles. The second-order valence-electron chi connectivity index (χ2n) is 3.10. The van der Waals surface area contributed by atoms with E-state index in [0.717, 1.165) is 12.2 Å². The summed E-state index contributed by atoms with van der Waals surface area (Å²) in [5.41, 5.74) is 1.11. The lowest BCUT2D eigenvalue weighted by molar-refractivity contribution is 0.170. The molecule has 0 spiro atoms. The molecule has 0 saturated carbocycles. The van der Waals surface area contributed by atoms with Crippen molar-refractivity contribution in [3.8, 4) is 0 Å². The van der Waals surface area contributed by atoms with Gasteiger partial charge in [-0.2, -0.15) is 0 Å². The smallest absolute Gasteiger partial charge is 0.0589 e. The second kappa shape index (κ2) is 3.42. The van der Waals surface area contributed by atoms with E-state index in [0.29, 0.717) is 5.02 Å². The lowest BCUT2D eigenvalue weighted by Crippen LogP contribution is -2.36. The quantitative estimate of drug-likeness (QED) is 0.695. The van der Waals surface area contributed by atoms with Crippen molar-refractivity contribution < 1.29 is 0 Å². The number of nitrogens with zero attached hydrogens (tertiary/aromatic N) is 2. The Kier molecular flexibility index (Phi) is 2.28. The fourth-order valence-electron chi connectivity index (χ4n) is 1.27. The van der Waals surface area contributed by atoms with Crippen LogP contribution in [0.2, 0.25) is 5.02 Å². The fraction of sp³-hybridized carbons (Fsp3) is 0.444. The highest BCUT2D eigenvalue weighted by Gasteiger charge is 2.13. The van der Waals surface area contributed by atoms with E-state index in [9.17, 15) is 0 Å². The van der Waals surface area contributed by atoms with Gasteiger partial charge >= 0.3 is 0 Å². The third-order valence-corrected chi connectivity index (χ3v) is 2.35. The SMILES string of the molecule is Clc1ccc(CN2CCC2)nc1. The summed E-state index contributed by atoms with van der Waals surface area (Å²) < 4.78 is 0. The summed E-state index contributed by atoms with van der Waals surface area (Å²) in [6.45, 7) is 3.39. The predicted octanol–water partition coefficient (Wildman–Crippen LogP) is 1.94. The monoisotopic (exact) mass is 182 g/mol. The third-order valence-electron chi connectivity index (χ3n) is 2.12. The molecule has 0 bridgehead atoms. The van der Waals surface area contributed by atoms with E-state index >= 15 is 0 Å². The molecule has 0 aromatic carbocycles. The number of pyridine rings is 1. The Morgan fingerprint density at radius 2 is 2.25 bits per heavy atom. The lowest BCUT2D eigenvalue weighted by Gasteiger charge is -2.30. The van der Waals surface area contributed by atoms with Crippen molar-refractivity contribution in [2.24, 2.45) is 0 Å². The number of hydrogen-bond acceptors (Lipinski definition) is 2. The van der Waals surface area contributed by atoms with Crippen LogP contribution in [-0.4, -0.2) is 23.0 Å². The van der Waals surface area contributed by atoms with Gasteiger partial charge in [-0.15, -0.1) is 0 Å². The van der Waals surface area contributed by atoms with Crippen LogP contribution in [0.4, 0.5) is 0 Å². The molecule has 12 heavy (non-hydrogen) atoms. The molecule has 0 unspecified atom stereocenters. The summed E-state index contributed by atoms with van der Waals surface area (Å²) in [5.74, 6) is 0. The van der Waals surface area contributed by atoms with Gasteiger partial charge in [-0.25, -0.2) is 0 Å². The van der Waals surface area contributed by atoms with E-state index in [1.54, 1.807) is 6.20 Å². The Bertz CT molecular complexity index is 254. The molecule has 1 aromatic heterocycles. The summed E-state index contributed by atoms with van der Waals surface area (Å²) >= 11 is 5.72. The maximum atomic E-state index is 5.72. The van der Waals surface area contributed by atoms with Crippen LogP contribution in [0.1, 0.15) is 12.1 Å². The van der Waals surface area contributed by atoms with Crippen LogP contribution in [0.25, 0.3) is 0 Å². The average molecular weight is 183 g/mol. The Labute approximate surface area is 77.2 Å². The molecule has 1 saturated heterocycles. The first kappa shape index (κ1) is 8.02. The first-order chi connectivity index (χ1) is 5.84. The van der Waals surface area contributed by atoms with Crippen molar-refractivity contribution in [3.05, 3.63) is 29.0 Å². The van der Waals surface area contributed by atoms with Crippen molar-refractivity contribution in [1.29, 1.82) is 0 Å². The minimum atomic E-state index is 0.711. The molecule has 0 amide bonds. The van der Waals surface area contributed by atoms with Gasteiger partial charge in [0.25, 0.3) is 0 Å². The highest BCUT2D eigenvalue weighted by Crippen LogP contribution is 2.12. The molecule has 1 aliphatic heterocycles. The number of halogens is 1. The van der Waals surface area contributed by atoms with E-state index in [-0.39, 0.29) is 0 Å². The standard InChI is InChI=1S/C9H11ClN2/c10-8-2-3-9(11-6-8)7-12-4-1-5-12/h2-3,6H,1,4-5,7H2. The van der Waals surface area contributed by atoms with Crippen LogP contribution < -0.4 is 0 Å². The number of aromatic nitrogens is 1. The van der Waals surface area contributed by atoms with E-state index in [2.05, 4.69) is 9.88 Å². The maximum Gasteiger partial charge on any atom is 0.0589 e. The topological polar surface area (TPSA) is 16.1 Å². The number of hydrogen-bond donors (Lipinski definition) is 0. The first-order valence-corrected chi connectivity index (χ1v) is 4.55. The van der Waals surface area contributed by atoms with E-state index in [1.165, 1.54) is 19.5 Å². The van der Waals surface area contributed by atoms with Crippen molar-refractivity contribution in [2.75, 3.05) is 13.1 Å². The summed E-state index contributed by atoms with van der Waals surface area (Å²) in [5, 5.41) is 0.711.